The number of aliphatic carboxylic acids is 1. The van der Waals surface area contributed by atoms with E-state index in [2.05, 4.69) is 4.72 Å². The third-order valence-electron chi connectivity index (χ3n) is 2.81. The molecule has 0 amide bonds. The Morgan fingerprint density at radius 1 is 1.19 bits per heavy atom. The molecule has 0 aliphatic carbocycles. The standard InChI is InChI=1S/C14H15NO4S2/c1-10-2-9-14(20-10)21(18,19)15-12-6-3-11(4-7-12)5-8-13(16)17/h2-4,6-7,9,15H,5,8H2,1H3,(H,16,17). The molecule has 0 aliphatic heterocycles. The molecule has 0 bridgehead atoms. The Morgan fingerprint density at radius 2 is 1.86 bits per heavy atom. The largest absolute Gasteiger partial charge is 0.481 e. The second-order valence-electron chi connectivity index (χ2n) is 4.56. The van der Waals surface area contributed by atoms with E-state index in [0.29, 0.717) is 12.1 Å². The van der Waals surface area contributed by atoms with E-state index in [-0.39, 0.29) is 10.6 Å². The second kappa shape index (κ2) is 6.28. The van der Waals surface area contributed by atoms with Crippen molar-refractivity contribution in [1.82, 2.24) is 0 Å². The van der Waals surface area contributed by atoms with Crippen molar-refractivity contribution in [3.05, 3.63) is 46.8 Å². The molecule has 2 aromatic rings. The number of hydrogen-bond donors (Lipinski definition) is 2. The van der Waals surface area contributed by atoms with E-state index in [4.69, 9.17) is 5.11 Å². The first-order chi connectivity index (χ1) is 9.87. The SMILES string of the molecule is Cc1ccc(S(=O)(=O)Nc2ccc(CCC(=O)O)cc2)s1. The summed E-state index contributed by atoms with van der Waals surface area (Å²) < 4.78 is 27.1. The van der Waals surface area contributed by atoms with Crippen LogP contribution in [0.5, 0.6) is 0 Å². The lowest BCUT2D eigenvalue weighted by Gasteiger charge is -2.07. The van der Waals surface area contributed by atoms with Gasteiger partial charge in [0, 0.05) is 17.0 Å². The first-order valence-electron chi connectivity index (χ1n) is 6.27. The Balaban J connectivity index is 2.08. The molecule has 5 nitrogen and oxygen atoms in total. The predicted octanol–water partition coefficient (Wildman–Crippen LogP) is 2.87. The molecule has 0 atom stereocenters. The summed E-state index contributed by atoms with van der Waals surface area (Å²) in [6.45, 7) is 1.85. The first-order valence-corrected chi connectivity index (χ1v) is 8.57. The Labute approximate surface area is 127 Å². The lowest BCUT2D eigenvalue weighted by Crippen LogP contribution is -2.11. The fraction of sp³-hybridized carbons (Fsp3) is 0.214. The van der Waals surface area contributed by atoms with E-state index < -0.39 is 16.0 Å². The van der Waals surface area contributed by atoms with Crippen LogP contribution in [0.3, 0.4) is 0 Å². The molecule has 0 saturated heterocycles. The summed E-state index contributed by atoms with van der Waals surface area (Å²) in [5.74, 6) is -0.854. The van der Waals surface area contributed by atoms with E-state index in [9.17, 15) is 13.2 Å². The summed E-state index contributed by atoms with van der Waals surface area (Å²) in [4.78, 5) is 11.4. The van der Waals surface area contributed by atoms with E-state index in [0.717, 1.165) is 10.4 Å². The van der Waals surface area contributed by atoms with Gasteiger partial charge in [0.1, 0.15) is 4.21 Å². The topological polar surface area (TPSA) is 83.5 Å². The number of aryl methyl sites for hydroxylation is 2. The molecule has 0 spiro atoms. The van der Waals surface area contributed by atoms with E-state index in [1.165, 1.54) is 11.3 Å². The third kappa shape index (κ3) is 4.30. The number of carboxylic acid groups (broad SMARTS) is 1. The molecule has 1 heterocycles. The summed E-state index contributed by atoms with van der Waals surface area (Å²) in [6.07, 6.45) is 0.478. The molecular weight excluding hydrogens is 310 g/mol. The van der Waals surface area contributed by atoms with Crippen molar-refractivity contribution in [2.75, 3.05) is 4.72 Å². The number of rotatable bonds is 6. The zero-order chi connectivity index (χ0) is 15.5. The van der Waals surface area contributed by atoms with Crippen LogP contribution >= 0.6 is 11.3 Å². The Hall–Kier alpha value is -1.86. The number of benzene rings is 1. The van der Waals surface area contributed by atoms with Crippen molar-refractivity contribution < 1.29 is 18.3 Å². The van der Waals surface area contributed by atoms with Crippen molar-refractivity contribution in [3.8, 4) is 0 Å². The molecule has 112 valence electrons. The van der Waals surface area contributed by atoms with Crippen molar-refractivity contribution in [1.29, 1.82) is 0 Å². The number of hydrogen-bond acceptors (Lipinski definition) is 4. The first kappa shape index (κ1) is 15.5. The average molecular weight is 325 g/mol. The number of nitrogens with one attached hydrogen (secondary N) is 1. The van der Waals surface area contributed by atoms with Gasteiger partial charge in [-0.05, 0) is 43.2 Å². The summed E-state index contributed by atoms with van der Waals surface area (Å²) in [6, 6.07) is 10.0. The molecule has 0 unspecified atom stereocenters. The van der Waals surface area contributed by atoms with Gasteiger partial charge in [-0.1, -0.05) is 12.1 Å². The van der Waals surface area contributed by atoms with Crippen molar-refractivity contribution in [2.24, 2.45) is 0 Å². The summed E-state index contributed by atoms with van der Waals surface area (Å²) in [7, 11) is -3.56. The van der Waals surface area contributed by atoms with Crippen LogP contribution in [0, 0.1) is 6.92 Å². The Kier molecular flexibility index (Phi) is 4.64. The monoisotopic (exact) mass is 325 g/mol. The van der Waals surface area contributed by atoms with Gasteiger partial charge < -0.3 is 5.11 Å². The third-order valence-corrected chi connectivity index (χ3v) is 5.69. The van der Waals surface area contributed by atoms with Crippen LogP contribution in [0.4, 0.5) is 5.69 Å². The van der Waals surface area contributed by atoms with E-state index in [1.54, 1.807) is 36.4 Å². The molecule has 2 rings (SSSR count). The zero-order valence-electron chi connectivity index (χ0n) is 11.4. The summed E-state index contributed by atoms with van der Waals surface area (Å²) >= 11 is 1.21. The van der Waals surface area contributed by atoms with Crippen LogP contribution in [0.25, 0.3) is 0 Å². The van der Waals surface area contributed by atoms with Gasteiger partial charge in [0.05, 0.1) is 0 Å². The van der Waals surface area contributed by atoms with Gasteiger partial charge in [0.25, 0.3) is 10.0 Å². The summed E-state index contributed by atoms with van der Waals surface area (Å²) in [5.41, 5.74) is 1.31. The van der Waals surface area contributed by atoms with Crippen LogP contribution in [-0.4, -0.2) is 19.5 Å². The molecule has 0 saturated carbocycles. The van der Waals surface area contributed by atoms with Crippen LogP contribution < -0.4 is 4.72 Å². The summed E-state index contributed by atoms with van der Waals surface area (Å²) in [5, 5.41) is 8.62. The van der Waals surface area contributed by atoms with Gasteiger partial charge >= 0.3 is 5.97 Å². The molecule has 7 heteroatoms. The lowest BCUT2D eigenvalue weighted by molar-refractivity contribution is -0.136. The molecule has 0 aliphatic rings. The van der Waals surface area contributed by atoms with Gasteiger partial charge in [-0.25, -0.2) is 8.42 Å². The Morgan fingerprint density at radius 3 is 2.38 bits per heavy atom. The highest BCUT2D eigenvalue weighted by Gasteiger charge is 2.16. The molecule has 0 fully saturated rings. The fourth-order valence-corrected chi connectivity index (χ4v) is 4.09. The zero-order valence-corrected chi connectivity index (χ0v) is 13.0. The predicted molar refractivity (Wildman–Crippen MR) is 82.3 cm³/mol. The molecule has 0 radical (unpaired) electrons. The number of sulfonamides is 1. The number of carboxylic acids is 1. The minimum Gasteiger partial charge on any atom is -0.481 e. The maximum atomic E-state index is 12.1. The van der Waals surface area contributed by atoms with E-state index >= 15 is 0 Å². The quantitative estimate of drug-likeness (QED) is 0.855. The van der Waals surface area contributed by atoms with Gasteiger partial charge in [-0.3, -0.25) is 9.52 Å². The normalized spacial score (nSPS) is 11.3. The highest BCUT2D eigenvalue weighted by atomic mass is 32.2. The minimum absolute atomic E-state index is 0.0551. The highest BCUT2D eigenvalue weighted by Crippen LogP contribution is 2.23. The fourth-order valence-electron chi connectivity index (χ4n) is 1.75. The van der Waals surface area contributed by atoms with Gasteiger partial charge in [-0.15, -0.1) is 11.3 Å². The van der Waals surface area contributed by atoms with Crippen LogP contribution in [0.1, 0.15) is 16.9 Å². The molecule has 1 aromatic heterocycles. The number of anilines is 1. The van der Waals surface area contributed by atoms with Crippen LogP contribution in [-0.2, 0) is 21.2 Å². The molecule has 2 N–H and O–H groups in total. The van der Waals surface area contributed by atoms with Crippen LogP contribution in [0.15, 0.2) is 40.6 Å². The minimum atomic E-state index is -3.56. The van der Waals surface area contributed by atoms with Crippen molar-refractivity contribution in [2.45, 2.75) is 24.0 Å². The number of thiophene rings is 1. The van der Waals surface area contributed by atoms with Crippen LogP contribution in [0.2, 0.25) is 0 Å². The van der Waals surface area contributed by atoms with Gasteiger partial charge in [-0.2, -0.15) is 0 Å². The molecular formula is C14H15NO4S2. The molecule has 21 heavy (non-hydrogen) atoms. The number of carbonyl (C=O) groups is 1. The van der Waals surface area contributed by atoms with Crippen molar-refractivity contribution in [3.63, 3.8) is 0 Å². The van der Waals surface area contributed by atoms with Gasteiger partial charge in [0.2, 0.25) is 0 Å². The highest BCUT2D eigenvalue weighted by molar-refractivity contribution is 7.94. The van der Waals surface area contributed by atoms with Crippen molar-refractivity contribution >= 4 is 33.0 Å². The Bertz CT molecular complexity index is 733. The average Bonchev–Trinajstić information content (AvgIpc) is 2.85. The lowest BCUT2D eigenvalue weighted by atomic mass is 10.1. The van der Waals surface area contributed by atoms with Gasteiger partial charge in [0.15, 0.2) is 0 Å². The maximum absolute atomic E-state index is 12.1. The smallest absolute Gasteiger partial charge is 0.303 e. The maximum Gasteiger partial charge on any atom is 0.303 e. The molecule has 1 aromatic carbocycles. The second-order valence-corrected chi connectivity index (χ2v) is 7.76. The van der Waals surface area contributed by atoms with E-state index in [1.807, 2.05) is 6.92 Å².